The average molecular weight is 230 g/mol. The Balaban J connectivity index is 2.13. The third-order valence-electron chi connectivity index (χ3n) is 2.08. The molecule has 0 unspecified atom stereocenters. The van der Waals surface area contributed by atoms with Gasteiger partial charge in [-0.25, -0.2) is 0 Å². The molecule has 2 nitrogen and oxygen atoms in total. The van der Waals surface area contributed by atoms with E-state index < -0.39 is 0 Å². The van der Waals surface area contributed by atoms with Crippen LogP contribution in [0.4, 0.5) is 0 Å². The zero-order chi connectivity index (χ0) is 9.97. The Morgan fingerprint density at radius 3 is 2.64 bits per heavy atom. The summed E-state index contributed by atoms with van der Waals surface area (Å²) in [7, 11) is 0. The molecular weight excluding hydrogens is 221 g/mol. The van der Waals surface area contributed by atoms with E-state index in [0.29, 0.717) is 5.88 Å². The molecule has 0 saturated carbocycles. The highest BCUT2D eigenvalue weighted by Gasteiger charge is 2.20. The highest BCUT2D eigenvalue weighted by molar-refractivity contribution is 6.30. The number of benzene rings is 1. The van der Waals surface area contributed by atoms with Crippen LogP contribution < -0.4 is 0 Å². The Bertz CT molecular complexity index is 348. The molecule has 74 valence electrons. The van der Waals surface area contributed by atoms with Crippen molar-refractivity contribution in [1.29, 1.82) is 0 Å². The van der Waals surface area contributed by atoms with Crippen molar-refractivity contribution in [1.82, 2.24) is 0 Å². The number of oxime groups is 1. The van der Waals surface area contributed by atoms with Gasteiger partial charge in [-0.3, -0.25) is 0 Å². The highest BCUT2D eigenvalue weighted by atomic mass is 35.5. The largest absolute Gasteiger partial charge is 0.391 e. The van der Waals surface area contributed by atoms with E-state index in [1.807, 2.05) is 24.3 Å². The minimum absolute atomic E-state index is 0.0161. The first-order valence-corrected chi connectivity index (χ1v) is 5.25. The second-order valence-electron chi connectivity index (χ2n) is 3.13. The minimum Gasteiger partial charge on any atom is -0.391 e. The van der Waals surface area contributed by atoms with Gasteiger partial charge in [0.15, 0.2) is 0 Å². The number of alkyl halides is 1. The van der Waals surface area contributed by atoms with Crippen LogP contribution in [0.5, 0.6) is 0 Å². The van der Waals surface area contributed by atoms with Crippen molar-refractivity contribution in [2.45, 2.75) is 12.5 Å². The van der Waals surface area contributed by atoms with Crippen molar-refractivity contribution >= 4 is 28.9 Å². The quantitative estimate of drug-likeness (QED) is 0.715. The lowest BCUT2D eigenvalue weighted by Gasteiger charge is -2.01. The van der Waals surface area contributed by atoms with Gasteiger partial charge in [0.25, 0.3) is 0 Å². The Morgan fingerprint density at radius 2 is 2.07 bits per heavy atom. The number of nitrogens with zero attached hydrogens (tertiary/aromatic N) is 1. The predicted molar refractivity (Wildman–Crippen MR) is 58.2 cm³/mol. The maximum atomic E-state index is 5.78. The van der Waals surface area contributed by atoms with Crippen molar-refractivity contribution in [3.8, 4) is 0 Å². The van der Waals surface area contributed by atoms with E-state index in [9.17, 15) is 0 Å². The predicted octanol–water partition coefficient (Wildman–Crippen LogP) is 3.07. The monoisotopic (exact) mass is 229 g/mol. The van der Waals surface area contributed by atoms with Crippen LogP contribution in [0.2, 0.25) is 5.02 Å². The Labute approximate surface area is 92.5 Å². The summed E-state index contributed by atoms with van der Waals surface area (Å²) >= 11 is 11.4. The van der Waals surface area contributed by atoms with E-state index in [2.05, 4.69) is 5.16 Å². The molecule has 4 heteroatoms. The molecule has 2 rings (SSSR count). The van der Waals surface area contributed by atoms with E-state index in [-0.39, 0.29) is 6.10 Å². The SMILES string of the molecule is ClC[C@@H]1CC(c2ccc(Cl)cc2)=NO1. The second kappa shape index (κ2) is 4.20. The fraction of sp³-hybridized carbons (Fsp3) is 0.300. The van der Waals surface area contributed by atoms with Crippen molar-refractivity contribution in [2.24, 2.45) is 5.16 Å². The molecule has 1 aliphatic heterocycles. The molecule has 14 heavy (non-hydrogen) atoms. The summed E-state index contributed by atoms with van der Waals surface area (Å²) in [5.41, 5.74) is 1.98. The molecule has 0 aromatic heterocycles. The van der Waals surface area contributed by atoms with Gasteiger partial charge in [-0.05, 0) is 17.7 Å². The molecular formula is C10H9Cl2NO. The van der Waals surface area contributed by atoms with Crippen molar-refractivity contribution in [3.05, 3.63) is 34.9 Å². The summed E-state index contributed by atoms with van der Waals surface area (Å²) in [4.78, 5) is 5.12. The van der Waals surface area contributed by atoms with Gasteiger partial charge in [0, 0.05) is 11.4 Å². The normalized spacial score (nSPS) is 20.4. The molecule has 1 aliphatic rings. The number of hydrogen-bond acceptors (Lipinski definition) is 2. The fourth-order valence-electron chi connectivity index (χ4n) is 1.32. The van der Waals surface area contributed by atoms with E-state index >= 15 is 0 Å². The van der Waals surface area contributed by atoms with Crippen LogP contribution in [0.1, 0.15) is 12.0 Å². The lowest BCUT2D eigenvalue weighted by Crippen LogP contribution is -2.09. The van der Waals surface area contributed by atoms with Crippen LogP contribution in [0.15, 0.2) is 29.4 Å². The first-order valence-electron chi connectivity index (χ1n) is 4.34. The van der Waals surface area contributed by atoms with Crippen LogP contribution in [0.3, 0.4) is 0 Å². The maximum absolute atomic E-state index is 5.78. The van der Waals surface area contributed by atoms with Crippen LogP contribution >= 0.6 is 23.2 Å². The Kier molecular flexibility index (Phi) is 2.94. The van der Waals surface area contributed by atoms with Gasteiger partial charge in [0.2, 0.25) is 0 Å². The first-order chi connectivity index (χ1) is 6.79. The summed E-state index contributed by atoms with van der Waals surface area (Å²) < 4.78 is 0. The average Bonchev–Trinajstić information content (AvgIpc) is 2.67. The summed E-state index contributed by atoms with van der Waals surface area (Å²) in [6.45, 7) is 0. The number of rotatable bonds is 2. The molecule has 1 heterocycles. The van der Waals surface area contributed by atoms with Crippen molar-refractivity contribution < 1.29 is 4.84 Å². The molecule has 0 N–H and O–H groups in total. The molecule has 1 aromatic rings. The highest BCUT2D eigenvalue weighted by Crippen LogP contribution is 2.18. The van der Waals surface area contributed by atoms with E-state index in [4.69, 9.17) is 28.0 Å². The van der Waals surface area contributed by atoms with Gasteiger partial charge in [-0.15, -0.1) is 11.6 Å². The zero-order valence-corrected chi connectivity index (χ0v) is 8.92. The van der Waals surface area contributed by atoms with Gasteiger partial charge >= 0.3 is 0 Å². The van der Waals surface area contributed by atoms with Crippen molar-refractivity contribution in [3.63, 3.8) is 0 Å². The van der Waals surface area contributed by atoms with Crippen LogP contribution in [0.25, 0.3) is 0 Å². The molecule has 0 amide bonds. The molecule has 1 aromatic carbocycles. The van der Waals surface area contributed by atoms with Crippen molar-refractivity contribution in [2.75, 3.05) is 5.88 Å². The third-order valence-corrected chi connectivity index (χ3v) is 2.68. The maximum Gasteiger partial charge on any atom is 0.146 e. The second-order valence-corrected chi connectivity index (χ2v) is 3.88. The lowest BCUT2D eigenvalue weighted by atomic mass is 10.1. The topological polar surface area (TPSA) is 21.6 Å². The number of hydrogen-bond donors (Lipinski definition) is 0. The van der Waals surface area contributed by atoms with Gasteiger partial charge < -0.3 is 4.84 Å². The van der Waals surface area contributed by atoms with Gasteiger partial charge in [0.05, 0.1) is 11.6 Å². The molecule has 0 bridgehead atoms. The van der Waals surface area contributed by atoms with Gasteiger partial charge in [0.1, 0.15) is 6.10 Å². The summed E-state index contributed by atoms with van der Waals surface area (Å²) in [5, 5.41) is 4.70. The molecule has 0 spiro atoms. The van der Waals surface area contributed by atoms with E-state index in [0.717, 1.165) is 22.7 Å². The minimum atomic E-state index is 0.0161. The number of halogens is 2. The summed E-state index contributed by atoms with van der Waals surface area (Å²) in [6, 6.07) is 7.54. The zero-order valence-electron chi connectivity index (χ0n) is 7.41. The molecule has 0 radical (unpaired) electrons. The van der Waals surface area contributed by atoms with E-state index in [1.54, 1.807) is 0 Å². The smallest absolute Gasteiger partial charge is 0.146 e. The molecule has 0 aliphatic carbocycles. The standard InChI is InChI=1S/C10H9Cl2NO/c11-6-9-5-10(13-14-9)7-1-3-8(12)4-2-7/h1-4,9H,5-6H2/t9-/m0/s1. The molecule has 0 fully saturated rings. The first kappa shape index (κ1) is 9.81. The Hall–Kier alpha value is -0.730. The van der Waals surface area contributed by atoms with Crippen LogP contribution in [0, 0.1) is 0 Å². The van der Waals surface area contributed by atoms with Gasteiger partial charge in [-0.1, -0.05) is 28.9 Å². The molecule has 1 atom stereocenters. The summed E-state index contributed by atoms with van der Waals surface area (Å²) in [6.07, 6.45) is 0.785. The van der Waals surface area contributed by atoms with Crippen LogP contribution in [-0.4, -0.2) is 17.7 Å². The molecule has 0 saturated heterocycles. The van der Waals surface area contributed by atoms with Crippen LogP contribution in [-0.2, 0) is 4.84 Å². The van der Waals surface area contributed by atoms with Gasteiger partial charge in [-0.2, -0.15) is 0 Å². The Morgan fingerprint density at radius 1 is 1.36 bits per heavy atom. The third kappa shape index (κ3) is 2.02. The lowest BCUT2D eigenvalue weighted by molar-refractivity contribution is 0.102. The van der Waals surface area contributed by atoms with E-state index in [1.165, 1.54) is 0 Å². The summed E-state index contributed by atoms with van der Waals surface area (Å²) in [5.74, 6) is 0.473. The fourth-order valence-corrected chi connectivity index (χ4v) is 1.62.